The van der Waals surface area contributed by atoms with Gasteiger partial charge >= 0.3 is 0 Å². The molecule has 0 spiro atoms. The molecule has 0 atom stereocenters. The highest BCUT2D eigenvalue weighted by Gasteiger charge is 2.29. The number of carbonyl (C=O) groups excluding carboxylic acids is 1. The van der Waals surface area contributed by atoms with Gasteiger partial charge in [0.05, 0.1) is 0 Å². The molecule has 2 fully saturated rings. The zero-order valence-corrected chi connectivity index (χ0v) is 20.0. The van der Waals surface area contributed by atoms with Gasteiger partial charge in [0.15, 0.2) is 5.78 Å². The molecule has 0 N–H and O–H groups in total. The van der Waals surface area contributed by atoms with Gasteiger partial charge in [0.1, 0.15) is 0 Å². The van der Waals surface area contributed by atoms with Crippen LogP contribution in [-0.4, -0.2) is 5.78 Å². The van der Waals surface area contributed by atoms with Crippen molar-refractivity contribution < 1.29 is 4.79 Å². The van der Waals surface area contributed by atoms with Crippen molar-refractivity contribution in [1.29, 1.82) is 0 Å². The molecule has 5 heteroatoms. The lowest BCUT2D eigenvalue weighted by atomic mass is 9.78. The Bertz CT molecular complexity index is 865. The maximum atomic E-state index is 13.9. The minimum Gasteiger partial charge on any atom is -0.289 e. The quantitative estimate of drug-likeness (QED) is 0.395. The Hall–Kier alpha value is -0.730. The first kappa shape index (κ1) is 22.5. The summed E-state index contributed by atoms with van der Waals surface area (Å²) in [6, 6.07) is 7.08. The first-order chi connectivity index (χ1) is 14.5. The molecule has 0 aliphatic heterocycles. The molecule has 30 heavy (non-hydrogen) atoms. The van der Waals surface area contributed by atoms with Gasteiger partial charge in [-0.1, -0.05) is 84.9 Å². The summed E-state index contributed by atoms with van der Waals surface area (Å²) in [7, 11) is 0. The van der Waals surface area contributed by atoms with Crippen molar-refractivity contribution >= 4 is 52.2 Å². The first-order valence-corrected chi connectivity index (χ1v) is 12.5. The normalized spacial score (nSPS) is 18.5. The second-order valence-corrected chi connectivity index (χ2v) is 10.4. The summed E-state index contributed by atoms with van der Waals surface area (Å²) in [5.41, 5.74) is 3.09. The van der Waals surface area contributed by atoms with Crippen LogP contribution in [0.4, 0.5) is 0 Å². The minimum absolute atomic E-state index is 0.0649. The maximum Gasteiger partial charge on any atom is 0.193 e. The zero-order valence-electron chi connectivity index (χ0n) is 17.0. The molecule has 0 heterocycles. The highest BCUT2D eigenvalue weighted by Crippen LogP contribution is 2.43. The predicted octanol–water partition coefficient (Wildman–Crippen LogP) is 9.63. The van der Waals surface area contributed by atoms with Gasteiger partial charge < -0.3 is 0 Å². The lowest BCUT2D eigenvalue weighted by molar-refractivity contribution is 0.103. The van der Waals surface area contributed by atoms with Crippen LogP contribution in [0.1, 0.15) is 103 Å². The van der Waals surface area contributed by atoms with Gasteiger partial charge in [0, 0.05) is 31.2 Å². The Morgan fingerprint density at radius 1 is 0.600 bits per heavy atom. The average molecular weight is 484 g/mol. The van der Waals surface area contributed by atoms with Crippen molar-refractivity contribution in [2.45, 2.75) is 76.0 Å². The average Bonchev–Trinajstić information content (AvgIpc) is 2.73. The van der Waals surface area contributed by atoms with E-state index in [4.69, 9.17) is 46.4 Å². The van der Waals surface area contributed by atoms with Crippen LogP contribution in [0.25, 0.3) is 0 Å². The molecule has 160 valence electrons. The molecule has 0 bridgehead atoms. The highest BCUT2D eigenvalue weighted by molar-refractivity contribution is 6.37. The lowest BCUT2D eigenvalue weighted by Gasteiger charge is -2.27. The van der Waals surface area contributed by atoms with E-state index in [2.05, 4.69) is 0 Å². The van der Waals surface area contributed by atoms with E-state index in [1.54, 1.807) is 24.3 Å². The molecule has 0 amide bonds. The van der Waals surface area contributed by atoms with E-state index in [1.807, 2.05) is 0 Å². The van der Waals surface area contributed by atoms with Crippen molar-refractivity contribution in [1.82, 2.24) is 0 Å². The minimum atomic E-state index is -0.0649. The molecular weight excluding hydrogens is 458 g/mol. The molecule has 2 aliphatic carbocycles. The summed E-state index contributed by atoms with van der Waals surface area (Å²) >= 11 is 26.0. The fourth-order valence-electron chi connectivity index (χ4n) is 5.30. The summed E-state index contributed by atoms with van der Waals surface area (Å²) in [5, 5.41) is 2.14. The van der Waals surface area contributed by atoms with Gasteiger partial charge in [0.25, 0.3) is 0 Å². The molecule has 4 rings (SSSR count). The second kappa shape index (κ2) is 9.82. The van der Waals surface area contributed by atoms with Crippen LogP contribution in [0, 0.1) is 0 Å². The van der Waals surface area contributed by atoms with Crippen LogP contribution in [-0.2, 0) is 0 Å². The molecule has 0 unspecified atom stereocenters. The molecule has 0 radical (unpaired) electrons. The predicted molar refractivity (Wildman–Crippen MR) is 128 cm³/mol. The number of rotatable bonds is 4. The SMILES string of the molecule is O=C(c1cc(Cl)cc(Cl)c1C1CCCCC1)c1cc(Cl)cc(Cl)c1C1CCCCC1. The summed E-state index contributed by atoms with van der Waals surface area (Å²) in [6.07, 6.45) is 11.3. The molecule has 2 aromatic carbocycles. The number of hydrogen-bond acceptors (Lipinski definition) is 1. The topological polar surface area (TPSA) is 17.1 Å². The zero-order chi connectivity index (χ0) is 21.3. The molecule has 0 saturated heterocycles. The molecule has 2 aromatic rings. The van der Waals surface area contributed by atoms with E-state index in [1.165, 1.54) is 12.8 Å². The third-order valence-corrected chi connectivity index (χ3v) is 7.77. The smallest absolute Gasteiger partial charge is 0.193 e. The van der Waals surface area contributed by atoms with E-state index in [9.17, 15) is 4.79 Å². The summed E-state index contributed by atoms with van der Waals surface area (Å²) < 4.78 is 0. The fraction of sp³-hybridized carbons (Fsp3) is 0.480. The number of carbonyl (C=O) groups is 1. The second-order valence-electron chi connectivity index (χ2n) is 8.70. The van der Waals surface area contributed by atoms with Gasteiger partial charge in [-0.2, -0.15) is 0 Å². The van der Waals surface area contributed by atoms with Crippen molar-refractivity contribution in [3.05, 3.63) is 66.6 Å². The van der Waals surface area contributed by atoms with Crippen LogP contribution in [0.15, 0.2) is 24.3 Å². The first-order valence-electron chi connectivity index (χ1n) is 11.0. The lowest BCUT2D eigenvalue weighted by Crippen LogP contribution is -2.16. The fourth-order valence-corrected chi connectivity index (χ4v) is 6.60. The van der Waals surface area contributed by atoms with Crippen molar-refractivity contribution in [3.8, 4) is 0 Å². The Morgan fingerprint density at radius 3 is 1.33 bits per heavy atom. The van der Waals surface area contributed by atoms with Crippen LogP contribution in [0.3, 0.4) is 0 Å². The van der Waals surface area contributed by atoms with Gasteiger partial charge in [0.2, 0.25) is 0 Å². The van der Waals surface area contributed by atoms with Gasteiger partial charge in [-0.15, -0.1) is 0 Å². The van der Waals surface area contributed by atoms with Crippen LogP contribution >= 0.6 is 46.4 Å². The van der Waals surface area contributed by atoms with Gasteiger partial charge in [-0.3, -0.25) is 4.79 Å². The number of hydrogen-bond donors (Lipinski definition) is 0. The van der Waals surface area contributed by atoms with E-state index >= 15 is 0 Å². The van der Waals surface area contributed by atoms with E-state index < -0.39 is 0 Å². The molecule has 1 nitrogen and oxygen atoms in total. The van der Waals surface area contributed by atoms with Crippen LogP contribution in [0.5, 0.6) is 0 Å². The van der Waals surface area contributed by atoms with Crippen LogP contribution in [0.2, 0.25) is 20.1 Å². The van der Waals surface area contributed by atoms with E-state index in [0.29, 0.717) is 31.2 Å². The van der Waals surface area contributed by atoms with E-state index in [0.717, 1.165) is 62.5 Å². The Balaban J connectivity index is 1.84. The van der Waals surface area contributed by atoms with Crippen molar-refractivity contribution in [2.24, 2.45) is 0 Å². The number of halogens is 4. The molecule has 2 aliphatic rings. The Morgan fingerprint density at radius 2 is 0.967 bits per heavy atom. The summed E-state index contributed by atoms with van der Waals surface area (Å²) in [6.45, 7) is 0. The van der Waals surface area contributed by atoms with Gasteiger partial charge in [-0.05, 0) is 72.9 Å². The number of benzene rings is 2. The van der Waals surface area contributed by atoms with Crippen molar-refractivity contribution in [3.63, 3.8) is 0 Å². The molecule has 2 saturated carbocycles. The maximum absolute atomic E-state index is 13.9. The summed E-state index contributed by atoms with van der Waals surface area (Å²) in [4.78, 5) is 13.9. The number of ketones is 1. The third-order valence-electron chi connectivity index (χ3n) is 6.70. The largest absolute Gasteiger partial charge is 0.289 e. The third kappa shape index (κ3) is 4.70. The Kier molecular flexibility index (Phi) is 7.35. The molecule has 0 aromatic heterocycles. The standard InChI is InChI=1S/C25H26Cl4O/c26-17-11-19(23(21(28)13-17)15-7-3-1-4-8-15)25(30)20-12-18(27)14-22(29)24(20)16-9-5-2-6-10-16/h11-16H,1-10H2. The van der Waals surface area contributed by atoms with Gasteiger partial charge in [-0.25, -0.2) is 0 Å². The van der Waals surface area contributed by atoms with Crippen molar-refractivity contribution in [2.75, 3.05) is 0 Å². The monoisotopic (exact) mass is 482 g/mol. The highest BCUT2D eigenvalue weighted by atomic mass is 35.5. The molecular formula is C25H26Cl4O. The summed E-state index contributed by atoms with van der Waals surface area (Å²) in [5.74, 6) is 0.510. The Labute approximate surface area is 199 Å². The van der Waals surface area contributed by atoms with Crippen LogP contribution < -0.4 is 0 Å². The van der Waals surface area contributed by atoms with E-state index in [-0.39, 0.29) is 17.6 Å².